The number of non-ortho nitro benzene ring substituents is 1. The van der Waals surface area contributed by atoms with Crippen LogP contribution < -0.4 is 9.64 Å². The molecule has 1 N–H and O–H groups in total. The van der Waals surface area contributed by atoms with Gasteiger partial charge >= 0.3 is 5.91 Å². The molecule has 0 saturated carbocycles. The van der Waals surface area contributed by atoms with Crippen LogP contribution in [0.1, 0.15) is 29.7 Å². The fourth-order valence-electron chi connectivity index (χ4n) is 4.41. The van der Waals surface area contributed by atoms with E-state index in [1.807, 2.05) is 6.92 Å². The van der Waals surface area contributed by atoms with Crippen LogP contribution in [0, 0.1) is 10.1 Å². The van der Waals surface area contributed by atoms with Crippen LogP contribution in [0.15, 0.2) is 72.4 Å². The maximum Gasteiger partial charge on any atom is 0.301 e. The number of hydrogen-bond acceptors (Lipinski definition) is 7. The standard InChI is InChI=1S/C25H19N3O6/c1-14-11-17-12-16(8-9-19(17)34-14)23(29)21-22(15-5-4-6-18(13-15)28(32)33)27(25(31)24(21)30)20-7-2-3-10-26-20/h2-10,12-14,22,29H,11H2,1H3. The summed E-state index contributed by atoms with van der Waals surface area (Å²) in [7, 11) is 0. The quantitative estimate of drug-likeness (QED) is 0.207. The molecule has 3 heterocycles. The van der Waals surface area contributed by atoms with Gasteiger partial charge in [-0.05, 0) is 48.4 Å². The lowest BCUT2D eigenvalue weighted by Crippen LogP contribution is -2.30. The Bertz CT molecular complexity index is 1370. The molecule has 0 radical (unpaired) electrons. The van der Waals surface area contributed by atoms with E-state index in [0.717, 1.165) is 10.5 Å². The van der Waals surface area contributed by atoms with Crippen LogP contribution in [-0.2, 0) is 16.0 Å². The predicted octanol–water partition coefficient (Wildman–Crippen LogP) is 3.94. The van der Waals surface area contributed by atoms with Crippen molar-refractivity contribution in [2.75, 3.05) is 4.90 Å². The molecule has 1 aromatic heterocycles. The van der Waals surface area contributed by atoms with Gasteiger partial charge in [-0.2, -0.15) is 0 Å². The Morgan fingerprint density at radius 1 is 1.15 bits per heavy atom. The summed E-state index contributed by atoms with van der Waals surface area (Å²) in [6.45, 7) is 1.93. The van der Waals surface area contributed by atoms with Gasteiger partial charge < -0.3 is 9.84 Å². The van der Waals surface area contributed by atoms with Crippen LogP contribution in [-0.4, -0.2) is 32.8 Å². The summed E-state index contributed by atoms with van der Waals surface area (Å²) >= 11 is 0. The fraction of sp³-hybridized carbons (Fsp3) is 0.160. The van der Waals surface area contributed by atoms with Gasteiger partial charge in [-0.15, -0.1) is 0 Å². The number of pyridine rings is 1. The zero-order chi connectivity index (χ0) is 24.0. The zero-order valence-electron chi connectivity index (χ0n) is 18.0. The van der Waals surface area contributed by atoms with Crippen molar-refractivity contribution in [1.82, 2.24) is 4.98 Å². The molecule has 0 spiro atoms. The molecule has 5 rings (SSSR count). The highest BCUT2D eigenvalue weighted by molar-refractivity contribution is 6.51. The number of nitro groups is 1. The number of nitro benzene ring substituents is 1. The first-order valence-electron chi connectivity index (χ1n) is 10.6. The minimum absolute atomic E-state index is 0.00741. The van der Waals surface area contributed by atoms with Crippen molar-refractivity contribution in [3.8, 4) is 5.75 Å². The van der Waals surface area contributed by atoms with E-state index in [2.05, 4.69) is 4.98 Å². The first kappa shape index (κ1) is 21.3. The number of anilines is 1. The molecule has 2 unspecified atom stereocenters. The van der Waals surface area contributed by atoms with Gasteiger partial charge in [0, 0.05) is 30.3 Å². The summed E-state index contributed by atoms with van der Waals surface area (Å²) in [6, 6.07) is 14.5. The van der Waals surface area contributed by atoms with Crippen LogP contribution in [0.5, 0.6) is 5.75 Å². The molecule has 0 bridgehead atoms. The number of amides is 1. The molecule has 34 heavy (non-hydrogen) atoms. The van der Waals surface area contributed by atoms with E-state index >= 15 is 0 Å². The SMILES string of the molecule is CC1Cc2cc(C(O)=C3C(=O)C(=O)N(c4ccccn4)C3c3cccc([N+](=O)[O-])c3)ccc2O1. The monoisotopic (exact) mass is 457 g/mol. The Kier molecular flexibility index (Phi) is 5.09. The second kappa shape index (κ2) is 8.11. The number of Topliss-reactive ketones (excluding diaryl/α,β-unsaturated/α-hetero) is 1. The molecule has 1 amide bonds. The molecule has 1 saturated heterocycles. The highest BCUT2D eigenvalue weighted by Crippen LogP contribution is 2.42. The first-order valence-corrected chi connectivity index (χ1v) is 10.6. The number of aromatic nitrogens is 1. The fourth-order valence-corrected chi connectivity index (χ4v) is 4.41. The Balaban J connectivity index is 1.71. The smallest absolute Gasteiger partial charge is 0.301 e. The summed E-state index contributed by atoms with van der Waals surface area (Å²) in [5.41, 5.74) is 1.17. The van der Waals surface area contributed by atoms with Crippen LogP contribution in [0.3, 0.4) is 0 Å². The topological polar surface area (TPSA) is 123 Å². The van der Waals surface area contributed by atoms with E-state index in [9.17, 15) is 24.8 Å². The molecule has 2 aromatic carbocycles. The van der Waals surface area contributed by atoms with Crippen LogP contribution in [0.2, 0.25) is 0 Å². The molecular formula is C25H19N3O6. The maximum absolute atomic E-state index is 13.2. The zero-order valence-corrected chi connectivity index (χ0v) is 18.0. The highest BCUT2D eigenvalue weighted by Gasteiger charge is 2.47. The van der Waals surface area contributed by atoms with Crippen molar-refractivity contribution < 1.29 is 24.4 Å². The molecular weight excluding hydrogens is 438 g/mol. The second-order valence-corrected chi connectivity index (χ2v) is 8.16. The number of carbonyl (C=O) groups excluding carboxylic acids is 2. The summed E-state index contributed by atoms with van der Waals surface area (Å²) in [4.78, 5) is 42.5. The maximum atomic E-state index is 13.2. The van der Waals surface area contributed by atoms with E-state index in [-0.39, 0.29) is 28.9 Å². The lowest BCUT2D eigenvalue weighted by Gasteiger charge is -2.24. The average molecular weight is 457 g/mol. The summed E-state index contributed by atoms with van der Waals surface area (Å²) in [5.74, 6) is -1.25. The second-order valence-electron chi connectivity index (χ2n) is 8.16. The largest absolute Gasteiger partial charge is 0.507 e. The summed E-state index contributed by atoms with van der Waals surface area (Å²) in [6.07, 6.45) is 2.11. The highest BCUT2D eigenvalue weighted by atomic mass is 16.6. The van der Waals surface area contributed by atoms with Crippen LogP contribution in [0.25, 0.3) is 5.76 Å². The number of fused-ring (bicyclic) bond motifs is 1. The molecule has 2 atom stereocenters. The van der Waals surface area contributed by atoms with Gasteiger partial charge in [0.2, 0.25) is 0 Å². The van der Waals surface area contributed by atoms with Gasteiger partial charge in [-0.25, -0.2) is 4.98 Å². The van der Waals surface area contributed by atoms with E-state index in [4.69, 9.17) is 4.74 Å². The number of aliphatic hydroxyl groups is 1. The van der Waals surface area contributed by atoms with Crippen molar-refractivity contribution >= 4 is 29.0 Å². The van der Waals surface area contributed by atoms with E-state index in [1.54, 1.807) is 42.5 Å². The first-order chi connectivity index (χ1) is 16.3. The Hall–Kier alpha value is -4.53. The third kappa shape index (κ3) is 3.47. The van der Waals surface area contributed by atoms with Gasteiger partial charge in [-0.3, -0.25) is 24.6 Å². The number of nitrogens with zero attached hydrogens (tertiary/aromatic N) is 3. The van der Waals surface area contributed by atoms with Gasteiger partial charge in [0.05, 0.1) is 16.5 Å². The van der Waals surface area contributed by atoms with Gasteiger partial charge in [0.1, 0.15) is 23.4 Å². The number of benzene rings is 2. The van der Waals surface area contributed by atoms with Gasteiger partial charge in [-0.1, -0.05) is 18.2 Å². The van der Waals surface area contributed by atoms with Crippen LogP contribution >= 0.6 is 0 Å². The predicted molar refractivity (Wildman–Crippen MR) is 122 cm³/mol. The van der Waals surface area contributed by atoms with Crippen molar-refractivity contribution in [3.05, 3.63) is 99.2 Å². The average Bonchev–Trinajstić information content (AvgIpc) is 3.34. The molecule has 2 aliphatic heterocycles. The van der Waals surface area contributed by atoms with Crippen molar-refractivity contribution in [3.63, 3.8) is 0 Å². The molecule has 3 aromatic rings. The number of ketones is 1. The number of rotatable bonds is 4. The van der Waals surface area contributed by atoms with Crippen molar-refractivity contribution in [2.24, 2.45) is 0 Å². The van der Waals surface area contributed by atoms with Crippen molar-refractivity contribution in [2.45, 2.75) is 25.5 Å². The van der Waals surface area contributed by atoms with Gasteiger partial charge in [0.15, 0.2) is 0 Å². The van der Waals surface area contributed by atoms with Gasteiger partial charge in [0.25, 0.3) is 11.5 Å². The minimum Gasteiger partial charge on any atom is -0.507 e. The minimum atomic E-state index is -1.10. The summed E-state index contributed by atoms with van der Waals surface area (Å²) in [5, 5.41) is 22.7. The normalized spacial score (nSPS) is 20.8. The molecule has 1 fully saturated rings. The van der Waals surface area contributed by atoms with Crippen LogP contribution in [0.4, 0.5) is 11.5 Å². The molecule has 2 aliphatic rings. The Morgan fingerprint density at radius 2 is 1.97 bits per heavy atom. The number of aliphatic hydroxyl groups excluding tert-OH is 1. The van der Waals surface area contributed by atoms with E-state index in [1.165, 1.54) is 24.4 Å². The Labute approximate surface area is 194 Å². The van der Waals surface area contributed by atoms with Crippen molar-refractivity contribution in [1.29, 1.82) is 0 Å². The molecule has 9 heteroatoms. The lowest BCUT2D eigenvalue weighted by atomic mass is 9.94. The number of carbonyl (C=O) groups is 2. The number of hydrogen-bond donors (Lipinski definition) is 1. The van der Waals surface area contributed by atoms with E-state index in [0.29, 0.717) is 23.3 Å². The molecule has 0 aliphatic carbocycles. The lowest BCUT2D eigenvalue weighted by molar-refractivity contribution is -0.384. The van der Waals surface area contributed by atoms with E-state index < -0.39 is 22.7 Å². The molecule has 170 valence electrons. The third-order valence-electron chi connectivity index (χ3n) is 5.91. The summed E-state index contributed by atoms with van der Waals surface area (Å²) < 4.78 is 5.71. The molecule has 9 nitrogen and oxygen atoms in total. The Morgan fingerprint density at radius 3 is 2.71 bits per heavy atom. The number of ether oxygens (including phenoxy) is 1. The third-order valence-corrected chi connectivity index (χ3v) is 5.91.